The standard InChI is InChI=1S/C29H32ClFN6O3/c1-35(2)14-5-9-24(38)36-15-4-6-19(16-36)37-17-21(25-26(37)29(39)34-33-28(25)32)18-10-12-20(13-11-18)40-27-22(30)7-3-8-23(27)31/h3,5,7-13,17,19,29,34,39H,4,6,14-16H2,1-2H3,(H2,32,33)/b9-5+. The molecular formula is C29H32ClFN6O3. The number of likely N-dealkylation sites (tertiary alicyclic amines) is 1. The third-order valence-corrected chi connectivity index (χ3v) is 7.33. The Balaban J connectivity index is 1.44. The number of amidine groups is 1. The highest BCUT2D eigenvalue weighted by Gasteiger charge is 2.33. The number of fused-ring (bicyclic) bond motifs is 1. The number of nitrogens with zero attached hydrogens (tertiary/aromatic N) is 4. The molecule has 3 aromatic rings. The number of likely N-dealkylation sites (N-methyl/N-ethyl adjacent to an activating group) is 1. The lowest BCUT2D eigenvalue weighted by atomic mass is 10.0. The average Bonchev–Trinajstić information content (AvgIpc) is 3.35. The van der Waals surface area contributed by atoms with E-state index in [1.54, 1.807) is 24.3 Å². The first-order valence-electron chi connectivity index (χ1n) is 13.1. The van der Waals surface area contributed by atoms with Gasteiger partial charge in [-0.3, -0.25) is 10.2 Å². The van der Waals surface area contributed by atoms with Crippen molar-refractivity contribution in [1.82, 2.24) is 19.8 Å². The van der Waals surface area contributed by atoms with E-state index in [4.69, 9.17) is 22.1 Å². The molecule has 5 rings (SSSR count). The molecule has 0 radical (unpaired) electrons. The monoisotopic (exact) mass is 566 g/mol. The Bertz CT molecular complexity index is 1430. The number of benzene rings is 2. The van der Waals surface area contributed by atoms with Gasteiger partial charge in [0.05, 0.1) is 22.3 Å². The highest BCUT2D eigenvalue weighted by molar-refractivity contribution is 6.32. The van der Waals surface area contributed by atoms with Crippen molar-refractivity contribution in [2.45, 2.75) is 25.1 Å². The van der Waals surface area contributed by atoms with E-state index in [-0.39, 0.29) is 28.6 Å². The number of carbonyl (C=O) groups is 1. The van der Waals surface area contributed by atoms with Crippen molar-refractivity contribution in [3.05, 3.63) is 82.9 Å². The van der Waals surface area contributed by atoms with E-state index in [2.05, 4.69) is 10.5 Å². The van der Waals surface area contributed by atoms with Gasteiger partial charge >= 0.3 is 0 Å². The second kappa shape index (κ2) is 11.7. The highest BCUT2D eigenvalue weighted by Crippen LogP contribution is 2.38. The highest BCUT2D eigenvalue weighted by atomic mass is 35.5. The number of carbonyl (C=O) groups excluding carboxylic acids is 1. The van der Waals surface area contributed by atoms with Gasteiger partial charge in [-0.25, -0.2) is 4.39 Å². The molecular weight excluding hydrogens is 535 g/mol. The molecule has 0 spiro atoms. The van der Waals surface area contributed by atoms with Crippen molar-refractivity contribution in [3.63, 3.8) is 0 Å². The Morgan fingerprint density at radius 1 is 1.30 bits per heavy atom. The number of aliphatic hydroxyl groups is 1. The Morgan fingerprint density at radius 3 is 2.80 bits per heavy atom. The first-order chi connectivity index (χ1) is 19.2. The molecule has 0 bridgehead atoms. The maximum absolute atomic E-state index is 14.2. The minimum atomic E-state index is -1.06. The van der Waals surface area contributed by atoms with Gasteiger partial charge in [0, 0.05) is 37.5 Å². The Hall–Kier alpha value is -3.86. The second-order valence-corrected chi connectivity index (χ2v) is 10.6. The van der Waals surface area contributed by atoms with Gasteiger partial charge in [0.25, 0.3) is 0 Å². The maximum atomic E-state index is 14.2. The van der Waals surface area contributed by atoms with Crippen molar-refractivity contribution < 1.29 is 19.0 Å². The Kier molecular flexibility index (Phi) is 8.11. The van der Waals surface area contributed by atoms with E-state index in [1.807, 2.05) is 52.9 Å². The topological polar surface area (TPSA) is 108 Å². The molecule has 1 fully saturated rings. The van der Waals surface area contributed by atoms with Gasteiger partial charge in [0.2, 0.25) is 5.91 Å². The van der Waals surface area contributed by atoms with Crippen LogP contribution in [-0.2, 0) is 4.79 Å². The third kappa shape index (κ3) is 5.70. The number of hydrazone groups is 1. The number of nitrogens with one attached hydrogen (secondary N) is 1. The zero-order chi connectivity index (χ0) is 28.4. The lowest BCUT2D eigenvalue weighted by Crippen LogP contribution is -2.41. The van der Waals surface area contributed by atoms with E-state index in [9.17, 15) is 14.3 Å². The number of hydrogen-bond donors (Lipinski definition) is 3. The lowest BCUT2D eigenvalue weighted by Gasteiger charge is -2.35. The van der Waals surface area contributed by atoms with E-state index in [1.165, 1.54) is 12.1 Å². The largest absolute Gasteiger partial charge is 0.453 e. The Labute approximate surface area is 237 Å². The van der Waals surface area contributed by atoms with Crippen LogP contribution >= 0.6 is 11.6 Å². The first-order valence-corrected chi connectivity index (χ1v) is 13.4. The van der Waals surface area contributed by atoms with Crippen LogP contribution in [0, 0.1) is 5.82 Å². The van der Waals surface area contributed by atoms with Crippen molar-refractivity contribution in [3.8, 4) is 22.6 Å². The summed E-state index contributed by atoms with van der Waals surface area (Å²) in [5.74, 6) is 0.0393. The molecule has 1 aromatic heterocycles. The fourth-order valence-corrected chi connectivity index (χ4v) is 5.31. The lowest BCUT2D eigenvalue weighted by molar-refractivity contribution is -0.127. The fourth-order valence-electron chi connectivity index (χ4n) is 5.11. The van der Waals surface area contributed by atoms with Gasteiger partial charge in [0.15, 0.2) is 23.6 Å². The molecule has 2 unspecified atom stereocenters. The maximum Gasteiger partial charge on any atom is 0.246 e. The number of aromatic nitrogens is 1. The zero-order valence-corrected chi connectivity index (χ0v) is 23.1. The van der Waals surface area contributed by atoms with E-state index in [0.29, 0.717) is 36.6 Å². The van der Waals surface area contributed by atoms with Gasteiger partial charge in [-0.1, -0.05) is 35.9 Å². The summed E-state index contributed by atoms with van der Waals surface area (Å²) in [7, 11) is 3.90. The molecule has 0 aliphatic carbocycles. The minimum Gasteiger partial charge on any atom is -0.453 e. The van der Waals surface area contributed by atoms with Crippen LogP contribution in [0.2, 0.25) is 5.02 Å². The van der Waals surface area contributed by atoms with Gasteiger partial charge in [-0.15, -0.1) is 0 Å². The predicted octanol–water partition coefficient (Wildman–Crippen LogP) is 4.24. The van der Waals surface area contributed by atoms with E-state index >= 15 is 0 Å². The molecule has 3 heterocycles. The molecule has 11 heteroatoms. The smallest absolute Gasteiger partial charge is 0.246 e. The van der Waals surface area contributed by atoms with Gasteiger partial charge in [-0.2, -0.15) is 5.10 Å². The second-order valence-electron chi connectivity index (χ2n) is 10.2. The fraction of sp³-hybridized carbons (Fsp3) is 0.310. The number of halogens is 2. The van der Waals surface area contributed by atoms with E-state index < -0.39 is 12.0 Å². The molecule has 2 aromatic carbocycles. The van der Waals surface area contributed by atoms with Gasteiger partial charge in [0.1, 0.15) is 5.75 Å². The van der Waals surface area contributed by atoms with Crippen molar-refractivity contribution >= 4 is 23.3 Å². The van der Waals surface area contributed by atoms with Crippen LogP contribution in [0.15, 0.2) is 65.9 Å². The molecule has 210 valence electrons. The quantitative estimate of drug-likeness (QED) is 0.369. The van der Waals surface area contributed by atoms with Crippen LogP contribution < -0.4 is 15.9 Å². The molecule has 2 atom stereocenters. The molecule has 9 nitrogen and oxygen atoms in total. The number of piperidine rings is 1. The first kappa shape index (κ1) is 27.7. The number of ether oxygens (including phenoxy) is 1. The van der Waals surface area contributed by atoms with Crippen LogP contribution in [0.5, 0.6) is 11.5 Å². The van der Waals surface area contributed by atoms with Crippen LogP contribution in [0.25, 0.3) is 11.1 Å². The number of nitrogens with two attached hydrogens (primary N) is 1. The van der Waals surface area contributed by atoms with Crippen LogP contribution in [0.1, 0.15) is 36.4 Å². The predicted molar refractivity (Wildman–Crippen MR) is 153 cm³/mol. The molecule has 0 saturated carbocycles. The molecule has 40 heavy (non-hydrogen) atoms. The summed E-state index contributed by atoms with van der Waals surface area (Å²) in [5.41, 5.74) is 11.8. The normalized spacial score (nSPS) is 18.9. The average molecular weight is 567 g/mol. The van der Waals surface area contributed by atoms with Gasteiger partial charge < -0.3 is 29.9 Å². The molecule has 2 aliphatic heterocycles. The molecule has 1 saturated heterocycles. The third-order valence-electron chi connectivity index (χ3n) is 7.03. The number of amides is 1. The molecule has 1 amide bonds. The number of rotatable bonds is 7. The summed E-state index contributed by atoms with van der Waals surface area (Å²) in [6, 6.07) is 11.4. The summed E-state index contributed by atoms with van der Waals surface area (Å²) in [4.78, 5) is 16.7. The summed E-state index contributed by atoms with van der Waals surface area (Å²) in [6.07, 6.45) is 6.04. The summed E-state index contributed by atoms with van der Waals surface area (Å²) in [5, 5.41) is 15.2. The number of aliphatic hydroxyl groups excluding tert-OH is 1. The van der Waals surface area contributed by atoms with Crippen LogP contribution in [0.3, 0.4) is 0 Å². The minimum absolute atomic E-state index is 0.0295. The van der Waals surface area contributed by atoms with Crippen molar-refractivity contribution in [2.24, 2.45) is 10.8 Å². The van der Waals surface area contributed by atoms with E-state index in [0.717, 1.165) is 24.0 Å². The number of hydrogen-bond acceptors (Lipinski definition) is 7. The summed E-state index contributed by atoms with van der Waals surface area (Å²) < 4.78 is 21.9. The summed E-state index contributed by atoms with van der Waals surface area (Å²) >= 11 is 6.10. The van der Waals surface area contributed by atoms with Crippen molar-refractivity contribution in [2.75, 3.05) is 33.7 Å². The zero-order valence-electron chi connectivity index (χ0n) is 22.3. The van der Waals surface area contributed by atoms with Crippen LogP contribution in [-0.4, -0.2) is 64.9 Å². The number of para-hydroxylation sites is 1. The SMILES string of the molecule is CN(C)C/C=C/C(=O)N1CCCC(n2cc(-c3ccc(Oc4c(F)cccc4Cl)cc3)c3c2C(O)NN=C3N)C1. The Morgan fingerprint density at radius 2 is 2.08 bits per heavy atom. The van der Waals surface area contributed by atoms with Gasteiger partial charge in [-0.05, 0) is 56.8 Å². The molecule has 4 N–H and O–H groups in total. The molecule has 2 aliphatic rings. The van der Waals surface area contributed by atoms with Crippen LogP contribution in [0.4, 0.5) is 4.39 Å². The van der Waals surface area contributed by atoms with Crippen molar-refractivity contribution in [1.29, 1.82) is 0 Å². The summed E-state index contributed by atoms with van der Waals surface area (Å²) in [6.45, 7) is 1.87.